The summed E-state index contributed by atoms with van der Waals surface area (Å²) in [4.78, 5) is 11.9. The Kier molecular flexibility index (Phi) is 13.1. The van der Waals surface area contributed by atoms with Gasteiger partial charge in [0.05, 0.1) is 12.5 Å². The third-order valence-electron chi connectivity index (χ3n) is 3.78. The second-order valence-corrected chi connectivity index (χ2v) is 6.39. The van der Waals surface area contributed by atoms with E-state index < -0.39 is 0 Å². The molecule has 0 N–H and O–H groups in total. The molecule has 0 atom stereocenters. The topological polar surface area (TPSA) is 26.3 Å². The van der Waals surface area contributed by atoms with Crippen molar-refractivity contribution >= 4 is 5.97 Å². The van der Waals surface area contributed by atoms with Gasteiger partial charge in [0, 0.05) is 0 Å². The molecule has 0 aromatic carbocycles. The molecule has 0 rings (SSSR count). The van der Waals surface area contributed by atoms with Gasteiger partial charge in [-0.05, 0) is 25.2 Å². The van der Waals surface area contributed by atoms with Gasteiger partial charge in [0.2, 0.25) is 0 Å². The monoisotopic (exact) mass is 284 g/mol. The van der Waals surface area contributed by atoms with Gasteiger partial charge in [-0.3, -0.25) is 4.79 Å². The first-order valence-corrected chi connectivity index (χ1v) is 8.78. The zero-order valence-electron chi connectivity index (χ0n) is 14.2. The standard InChI is InChI=1S/C18H36O2/c1-5-12-17(13-6-2)18(19)20-15-11-9-7-8-10-14-16(3)4/h16-17H,5-15H2,1-4H3. The Hall–Kier alpha value is -0.530. The maximum atomic E-state index is 11.9. The Balaban J connectivity index is 3.50. The van der Waals surface area contributed by atoms with Crippen LogP contribution in [0, 0.1) is 11.8 Å². The van der Waals surface area contributed by atoms with E-state index in [-0.39, 0.29) is 11.9 Å². The summed E-state index contributed by atoms with van der Waals surface area (Å²) in [7, 11) is 0. The van der Waals surface area contributed by atoms with E-state index in [1.807, 2.05) is 0 Å². The van der Waals surface area contributed by atoms with Crippen molar-refractivity contribution in [2.24, 2.45) is 11.8 Å². The number of unbranched alkanes of at least 4 members (excludes halogenated alkanes) is 4. The third-order valence-corrected chi connectivity index (χ3v) is 3.78. The first-order valence-electron chi connectivity index (χ1n) is 8.78. The maximum absolute atomic E-state index is 11.9. The molecule has 2 heteroatoms. The Morgan fingerprint density at radius 2 is 1.40 bits per heavy atom. The zero-order valence-corrected chi connectivity index (χ0v) is 14.2. The summed E-state index contributed by atoms with van der Waals surface area (Å²) in [6, 6.07) is 0. The van der Waals surface area contributed by atoms with Gasteiger partial charge in [0.25, 0.3) is 0 Å². The van der Waals surface area contributed by atoms with E-state index >= 15 is 0 Å². The number of ether oxygens (including phenoxy) is 1. The normalized spacial score (nSPS) is 11.3. The molecule has 0 radical (unpaired) electrons. The maximum Gasteiger partial charge on any atom is 0.308 e. The van der Waals surface area contributed by atoms with E-state index in [0.29, 0.717) is 6.61 Å². The summed E-state index contributed by atoms with van der Waals surface area (Å²) in [5, 5.41) is 0. The van der Waals surface area contributed by atoms with Crippen LogP contribution in [0.5, 0.6) is 0 Å². The van der Waals surface area contributed by atoms with Crippen LogP contribution in [0.25, 0.3) is 0 Å². The van der Waals surface area contributed by atoms with E-state index in [9.17, 15) is 4.79 Å². The molecule has 0 saturated heterocycles. The van der Waals surface area contributed by atoms with Gasteiger partial charge in [-0.2, -0.15) is 0 Å². The minimum Gasteiger partial charge on any atom is -0.465 e. The molecule has 0 unspecified atom stereocenters. The minimum atomic E-state index is 0.0357. The van der Waals surface area contributed by atoms with Crippen LogP contribution in [0.3, 0.4) is 0 Å². The summed E-state index contributed by atoms with van der Waals surface area (Å²) >= 11 is 0. The fourth-order valence-corrected chi connectivity index (χ4v) is 2.55. The summed E-state index contributed by atoms with van der Waals surface area (Å²) in [6.07, 6.45) is 11.6. The zero-order chi connectivity index (χ0) is 15.2. The molecule has 0 aliphatic carbocycles. The van der Waals surface area contributed by atoms with E-state index in [2.05, 4.69) is 27.7 Å². The van der Waals surface area contributed by atoms with E-state index in [1.165, 1.54) is 32.1 Å². The molecule has 20 heavy (non-hydrogen) atoms. The molecule has 0 amide bonds. The van der Waals surface area contributed by atoms with Crippen LogP contribution in [0.2, 0.25) is 0 Å². The fourth-order valence-electron chi connectivity index (χ4n) is 2.55. The Bertz CT molecular complexity index is 217. The molecule has 0 spiro atoms. The minimum absolute atomic E-state index is 0.0357. The highest BCUT2D eigenvalue weighted by atomic mass is 16.5. The Labute approximate surface area is 126 Å². The van der Waals surface area contributed by atoms with Crippen molar-refractivity contribution in [2.45, 2.75) is 91.9 Å². The summed E-state index contributed by atoms with van der Waals surface area (Å²) < 4.78 is 5.42. The molecule has 0 bridgehead atoms. The van der Waals surface area contributed by atoms with Gasteiger partial charge in [-0.25, -0.2) is 0 Å². The van der Waals surface area contributed by atoms with Gasteiger partial charge < -0.3 is 4.74 Å². The number of carbonyl (C=O) groups is 1. The lowest BCUT2D eigenvalue weighted by Gasteiger charge is -2.14. The van der Waals surface area contributed by atoms with Crippen molar-refractivity contribution in [1.29, 1.82) is 0 Å². The molecule has 0 aliphatic heterocycles. The highest BCUT2D eigenvalue weighted by Crippen LogP contribution is 2.16. The van der Waals surface area contributed by atoms with Gasteiger partial charge in [-0.15, -0.1) is 0 Å². The quantitative estimate of drug-likeness (QED) is 0.318. The van der Waals surface area contributed by atoms with Crippen molar-refractivity contribution in [3.8, 4) is 0 Å². The smallest absolute Gasteiger partial charge is 0.308 e. The molecule has 0 aromatic rings. The predicted molar refractivity (Wildman–Crippen MR) is 86.8 cm³/mol. The van der Waals surface area contributed by atoms with Crippen LogP contribution < -0.4 is 0 Å². The molecular weight excluding hydrogens is 248 g/mol. The lowest BCUT2D eigenvalue weighted by molar-refractivity contribution is -0.149. The van der Waals surface area contributed by atoms with Crippen LogP contribution in [0.15, 0.2) is 0 Å². The van der Waals surface area contributed by atoms with Crippen LogP contribution >= 0.6 is 0 Å². The van der Waals surface area contributed by atoms with Gasteiger partial charge in [-0.1, -0.05) is 72.6 Å². The molecule has 0 aliphatic rings. The highest BCUT2D eigenvalue weighted by molar-refractivity contribution is 5.72. The first kappa shape index (κ1) is 19.5. The number of hydrogen-bond acceptors (Lipinski definition) is 2. The Morgan fingerprint density at radius 1 is 0.850 bits per heavy atom. The molecule has 2 nitrogen and oxygen atoms in total. The third kappa shape index (κ3) is 11.3. The van der Waals surface area contributed by atoms with Gasteiger partial charge in [0.15, 0.2) is 0 Å². The van der Waals surface area contributed by atoms with Crippen molar-refractivity contribution in [1.82, 2.24) is 0 Å². The highest BCUT2D eigenvalue weighted by Gasteiger charge is 2.17. The summed E-state index contributed by atoms with van der Waals surface area (Å²) in [6.45, 7) is 9.44. The van der Waals surface area contributed by atoms with Gasteiger partial charge in [0.1, 0.15) is 0 Å². The largest absolute Gasteiger partial charge is 0.465 e. The lowest BCUT2D eigenvalue weighted by Crippen LogP contribution is -2.18. The van der Waals surface area contributed by atoms with Crippen LogP contribution in [0.1, 0.15) is 91.9 Å². The van der Waals surface area contributed by atoms with Crippen LogP contribution in [0.4, 0.5) is 0 Å². The lowest BCUT2D eigenvalue weighted by atomic mass is 9.99. The molecule has 0 saturated carbocycles. The van der Waals surface area contributed by atoms with E-state index in [0.717, 1.165) is 38.0 Å². The fraction of sp³-hybridized carbons (Fsp3) is 0.944. The molecule has 120 valence electrons. The van der Waals surface area contributed by atoms with Crippen molar-refractivity contribution in [3.05, 3.63) is 0 Å². The van der Waals surface area contributed by atoms with Crippen molar-refractivity contribution < 1.29 is 9.53 Å². The van der Waals surface area contributed by atoms with E-state index in [1.54, 1.807) is 0 Å². The number of esters is 1. The Morgan fingerprint density at radius 3 is 1.95 bits per heavy atom. The molecule has 0 heterocycles. The SMILES string of the molecule is CCCC(CCC)C(=O)OCCCCCCCC(C)C. The van der Waals surface area contributed by atoms with Gasteiger partial charge >= 0.3 is 5.97 Å². The van der Waals surface area contributed by atoms with Crippen LogP contribution in [-0.2, 0) is 9.53 Å². The number of carbonyl (C=O) groups excluding carboxylic acids is 1. The molecular formula is C18H36O2. The summed E-state index contributed by atoms with van der Waals surface area (Å²) in [5.41, 5.74) is 0. The predicted octanol–water partition coefficient (Wildman–Crippen LogP) is 5.74. The van der Waals surface area contributed by atoms with Crippen LogP contribution in [-0.4, -0.2) is 12.6 Å². The number of rotatable bonds is 13. The molecule has 0 fully saturated rings. The second kappa shape index (κ2) is 13.5. The van der Waals surface area contributed by atoms with Crippen molar-refractivity contribution in [2.75, 3.05) is 6.61 Å². The van der Waals surface area contributed by atoms with E-state index in [4.69, 9.17) is 4.74 Å². The average molecular weight is 284 g/mol. The second-order valence-electron chi connectivity index (χ2n) is 6.39. The first-order chi connectivity index (χ1) is 9.61. The number of hydrogen-bond donors (Lipinski definition) is 0. The van der Waals surface area contributed by atoms with Crippen molar-refractivity contribution in [3.63, 3.8) is 0 Å². The summed E-state index contributed by atoms with van der Waals surface area (Å²) in [5.74, 6) is 0.995. The average Bonchev–Trinajstić information content (AvgIpc) is 2.41. The molecule has 0 aromatic heterocycles.